The number of nitrogens with zero attached hydrogens (tertiary/aromatic N) is 1. The Bertz CT molecular complexity index is 302. The Hall–Kier alpha value is -1.25. The van der Waals surface area contributed by atoms with Crippen molar-refractivity contribution < 1.29 is 9.53 Å². The number of hydrogen-bond acceptors (Lipinski definition) is 2. The molecule has 0 unspecified atom stereocenters. The van der Waals surface area contributed by atoms with Crippen LogP contribution in [0, 0.1) is 6.92 Å². The molecule has 0 aliphatic heterocycles. The Kier molecular flexibility index (Phi) is 3.12. The SMILES string of the molecule is CCCn1ccc(C(=O)OC)c1C. The highest BCUT2D eigenvalue weighted by Crippen LogP contribution is 2.11. The lowest BCUT2D eigenvalue weighted by molar-refractivity contribution is 0.0600. The summed E-state index contributed by atoms with van der Waals surface area (Å²) in [7, 11) is 1.40. The van der Waals surface area contributed by atoms with Crippen molar-refractivity contribution in [2.75, 3.05) is 7.11 Å². The molecule has 0 aliphatic rings. The summed E-state index contributed by atoms with van der Waals surface area (Å²) < 4.78 is 6.72. The molecule has 13 heavy (non-hydrogen) atoms. The van der Waals surface area contributed by atoms with Crippen molar-refractivity contribution in [1.82, 2.24) is 4.57 Å². The number of rotatable bonds is 3. The molecular weight excluding hydrogens is 166 g/mol. The molecule has 3 nitrogen and oxygen atoms in total. The molecule has 1 aromatic heterocycles. The summed E-state index contributed by atoms with van der Waals surface area (Å²) in [6.45, 7) is 4.99. The average molecular weight is 181 g/mol. The Morgan fingerprint density at radius 3 is 2.85 bits per heavy atom. The molecule has 1 heterocycles. The Labute approximate surface area is 78.3 Å². The van der Waals surface area contributed by atoms with Crippen molar-refractivity contribution in [3.05, 3.63) is 23.5 Å². The Balaban J connectivity index is 2.92. The summed E-state index contributed by atoms with van der Waals surface area (Å²) in [5, 5.41) is 0. The van der Waals surface area contributed by atoms with E-state index in [2.05, 4.69) is 16.2 Å². The summed E-state index contributed by atoms with van der Waals surface area (Å²) in [4.78, 5) is 11.2. The monoisotopic (exact) mass is 181 g/mol. The summed E-state index contributed by atoms with van der Waals surface area (Å²) in [5.74, 6) is -0.257. The van der Waals surface area contributed by atoms with E-state index in [1.54, 1.807) is 6.07 Å². The van der Waals surface area contributed by atoms with Gasteiger partial charge in [0.15, 0.2) is 0 Å². The molecule has 1 rings (SSSR count). The highest BCUT2D eigenvalue weighted by atomic mass is 16.5. The second-order valence-electron chi connectivity index (χ2n) is 3.00. The van der Waals surface area contributed by atoms with Gasteiger partial charge < -0.3 is 9.30 Å². The van der Waals surface area contributed by atoms with Gasteiger partial charge in [0.05, 0.1) is 12.7 Å². The molecule has 0 aromatic carbocycles. The summed E-state index contributed by atoms with van der Waals surface area (Å²) >= 11 is 0. The molecule has 0 spiro atoms. The first kappa shape index (κ1) is 9.84. The van der Waals surface area contributed by atoms with Gasteiger partial charge in [-0.1, -0.05) is 6.92 Å². The van der Waals surface area contributed by atoms with Crippen LogP contribution in [-0.2, 0) is 11.3 Å². The number of hydrogen-bond donors (Lipinski definition) is 0. The number of carbonyl (C=O) groups is 1. The van der Waals surface area contributed by atoms with Crippen molar-refractivity contribution in [2.24, 2.45) is 0 Å². The van der Waals surface area contributed by atoms with Gasteiger partial charge in [-0.3, -0.25) is 0 Å². The van der Waals surface area contributed by atoms with E-state index in [1.165, 1.54) is 7.11 Å². The molecule has 0 bridgehead atoms. The molecule has 72 valence electrons. The summed E-state index contributed by atoms with van der Waals surface area (Å²) in [6.07, 6.45) is 2.99. The van der Waals surface area contributed by atoms with Crippen molar-refractivity contribution in [3.63, 3.8) is 0 Å². The van der Waals surface area contributed by atoms with E-state index in [9.17, 15) is 4.79 Å². The van der Waals surface area contributed by atoms with E-state index in [0.29, 0.717) is 5.56 Å². The predicted molar refractivity (Wildman–Crippen MR) is 50.8 cm³/mol. The van der Waals surface area contributed by atoms with Crippen molar-refractivity contribution in [3.8, 4) is 0 Å². The van der Waals surface area contributed by atoms with Gasteiger partial charge in [0, 0.05) is 18.4 Å². The molecule has 1 aromatic rings. The van der Waals surface area contributed by atoms with Crippen LogP contribution in [0.4, 0.5) is 0 Å². The van der Waals surface area contributed by atoms with Gasteiger partial charge in [-0.15, -0.1) is 0 Å². The van der Waals surface area contributed by atoms with Crippen molar-refractivity contribution >= 4 is 5.97 Å². The van der Waals surface area contributed by atoms with Crippen molar-refractivity contribution in [1.29, 1.82) is 0 Å². The molecule has 0 saturated heterocycles. The van der Waals surface area contributed by atoms with Gasteiger partial charge in [-0.2, -0.15) is 0 Å². The quantitative estimate of drug-likeness (QED) is 0.668. The van der Waals surface area contributed by atoms with Crippen LogP contribution >= 0.6 is 0 Å². The fourth-order valence-corrected chi connectivity index (χ4v) is 1.36. The molecular formula is C10H15NO2. The lowest BCUT2D eigenvalue weighted by atomic mass is 10.2. The van der Waals surface area contributed by atoms with Crippen LogP contribution in [0.1, 0.15) is 29.4 Å². The number of ether oxygens (including phenoxy) is 1. The van der Waals surface area contributed by atoms with Crippen LogP contribution in [0.5, 0.6) is 0 Å². The van der Waals surface area contributed by atoms with Gasteiger partial charge >= 0.3 is 5.97 Å². The minimum atomic E-state index is -0.257. The van der Waals surface area contributed by atoms with Gasteiger partial charge in [-0.25, -0.2) is 4.79 Å². The minimum absolute atomic E-state index is 0.257. The smallest absolute Gasteiger partial charge is 0.339 e. The maximum Gasteiger partial charge on any atom is 0.339 e. The minimum Gasteiger partial charge on any atom is -0.465 e. The van der Waals surface area contributed by atoms with Crippen LogP contribution < -0.4 is 0 Å². The first-order valence-electron chi connectivity index (χ1n) is 4.44. The Morgan fingerprint density at radius 2 is 2.31 bits per heavy atom. The number of aryl methyl sites for hydroxylation is 1. The fraction of sp³-hybridized carbons (Fsp3) is 0.500. The van der Waals surface area contributed by atoms with Gasteiger partial charge in [-0.05, 0) is 19.4 Å². The molecule has 0 saturated carbocycles. The molecule has 0 aliphatic carbocycles. The zero-order valence-corrected chi connectivity index (χ0v) is 8.33. The average Bonchev–Trinajstić information content (AvgIpc) is 2.48. The van der Waals surface area contributed by atoms with Gasteiger partial charge in [0.2, 0.25) is 0 Å². The summed E-state index contributed by atoms with van der Waals surface area (Å²) in [5.41, 5.74) is 1.64. The third kappa shape index (κ3) is 1.91. The van der Waals surface area contributed by atoms with Crippen LogP contribution in [-0.4, -0.2) is 17.6 Å². The summed E-state index contributed by atoms with van der Waals surface area (Å²) in [6, 6.07) is 1.80. The number of aromatic nitrogens is 1. The molecule has 0 fully saturated rings. The molecule has 0 atom stereocenters. The largest absolute Gasteiger partial charge is 0.465 e. The molecule has 0 amide bonds. The number of carbonyl (C=O) groups excluding carboxylic acids is 1. The van der Waals surface area contributed by atoms with E-state index in [0.717, 1.165) is 18.7 Å². The lowest BCUT2D eigenvalue weighted by Crippen LogP contribution is -2.04. The zero-order valence-electron chi connectivity index (χ0n) is 8.33. The zero-order chi connectivity index (χ0) is 9.84. The third-order valence-corrected chi connectivity index (χ3v) is 2.11. The number of methoxy groups -OCH3 is 1. The van der Waals surface area contributed by atoms with Crippen LogP contribution in [0.15, 0.2) is 12.3 Å². The van der Waals surface area contributed by atoms with Crippen LogP contribution in [0.2, 0.25) is 0 Å². The van der Waals surface area contributed by atoms with Crippen LogP contribution in [0.3, 0.4) is 0 Å². The molecule has 3 heteroatoms. The van der Waals surface area contributed by atoms with E-state index >= 15 is 0 Å². The maximum absolute atomic E-state index is 11.2. The van der Waals surface area contributed by atoms with Crippen molar-refractivity contribution in [2.45, 2.75) is 26.8 Å². The lowest BCUT2D eigenvalue weighted by Gasteiger charge is -2.04. The Morgan fingerprint density at radius 1 is 1.62 bits per heavy atom. The van der Waals surface area contributed by atoms with E-state index < -0.39 is 0 Å². The van der Waals surface area contributed by atoms with Crippen LogP contribution in [0.25, 0.3) is 0 Å². The predicted octanol–water partition coefficient (Wildman–Crippen LogP) is 1.99. The van der Waals surface area contributed by atoms with E-state index in [-0.39, 0.29) is 5.97 Å². The second kappa shape index (κ2) is 4.12. The standard InChI is InChI=1S/C10H15NO2/c1-4-6-11-7-5-9(8(11)2)10(12)13-3/h5,7H,4,6H2,1-3H3. The molecule has 0 radical (unpaired) electrons. The van der Waals surface area contributed by atoms with E-state index in [4.69, 9.17) is 0 Å². The highest BCUT2D eigenvalue weighted by Gasteiger charge is 2.11. The maximum atomic E-state index is 11.2. The number of esters is 1. The highest BCUT2D eigenvalue weighted by molar-refractivity contribution is 5.90. The molecule has 0 N–H and O–H groups in total. The van der Waals surface area contributed by atoms with Gasteiger partial charge in [0.25, 0.3) is 0 Å². The third-order valence-electron chi connectivity index (χ3n) is 2.11. The first-order valence-corrected chi connectivity index (χ1v) is 4.44. The second-order valence-corrected chi connectivity index (χ2v) is 3.00. The van der Waals surface area contributed by atoms with Gasteiger partial charge in [0.1, 0.15) is 0 Å². The fourth-order valence-electron chi connectivity index (χ4n) is 1.36. The topological polar surface area (TPSA) is 31.2 Å². The first-order chi connectivity index (χ1) is 6.20. The normalized spacial score (nSPS) is 10.1. The van der Waals surface area contributed by atoms with E-state index in [1.807, 2.05) is 13.1 Å².